The van der Waals surface area contributed by atoms with E-state index in [9.17, 15) is 0 Å². The molecule has 2 aromatic heterocycles. The van der Waals surface area contributed by atoms with Crippen molar-refractivity contribution in [1.82, 2.24) is 20.2 Å². The lowest BCUT2D eigenvalue weighted by Crippen LogP contribution is -2.36. The van der Waals surface area contributed by atoms with Gasteiger partial charge in [0.15, 0.2) is 5.65 Å². The molecule has 7 nitrogen and oxygen atoms in total. The number of aryl methyl sites for hydroxylation is 1. The van der Waals surface area contributed by atoms with Crippen LogP contribution < -0.4 is 10.8 Å². The van der Waals surface area contributed by atoms with E-state index in [4.69, 9.17) is 14.6 Å². The molecule has 2 aromatic rings. The minimum Gasteiger partial charge on any atom is -0.381 e. The number of nitrogens with zero attached hydrogens (tertiary/aromatic N) is 3. The van der Waals surface area contributed by atoms with Crippen LogP contribution in [0.1, 0.15) is 57.4 Å². The third kappa shape index (κ3) is 3.16. The van der Waals surface area contributed by atoms with Crippen LogP contribution >= 0.6 is 0 Å². The third-order valence-electron chi connectivity index (χ3n) is 6.22. The van der Waals surface area contributed by atoms with Crippen molar-refractivity contribution < 1.29 is 9.57 Å². The summed E-state index contributed by atoms with van der Waals surface area (Å²) in [7, 11) is 0. The smallest absolute Gasteiger partial charge is 0.159 e. The van der Waals surface area contributed by atoms with E-state index in [1.165, 1.54) is 6.42 Å². The van der Waals surface area contributed by atoms with E-state index < -0.39 is 0 Å². The lowest BCUT2D eigenvalue weighted by atomic mass is 9.80. The summed E-state index contributed by atoms with van der Waals surface area (Å²) in [6.45, 7) is 4.72. The van der Waals surface area contributed by atoms with E-state index in [1.54, 1.807) is 0 Å². The number of hydrogen-bond donors (Lipinski definition) is 2. The average molecular weight is 383 g/mol. The molecule has 7 heteroatoms. The summed E-state index contributed by atoms with van der Waals surface area (Å²) in [5.41, 5.74) is 7.20. The Morgan fingerprint density at radius 2 is 2.14 bits per heavy atom. The molecule has 1 saturated heterocycles. The van der Waals surface area contributed by atoms with Crippen molar-refractivity contribution in [1.29, 1.82) is 0 Å². The van der Waals surface area contributed by atoms with E-state index in [-0.39, 0.29) is 5.60 Å². The Balaban J connectivity index is 1.54. The first kappa shape index (κ1) is 17.9. The van der Waals surface area contributed by atoms with Gasteiger partial charge in [-0.3, -0.25) is 10.3 Å². The number of fused-ring (bicyclic) bond motifs is 1. The van der Waals surface area contributed by atoms with E-state index >= 15 is 0 Å². The van der Waals surface area contributed by atoms with Crippen molar-refractivity contribution in [2.75, 3.05) is 18.5 Å². The molecule has 3 aliphatic rings. The fraction of sp³-hybridized carbons (Fsp3) is 0.619. The van der Waals surface area contributed by atoms with Crippen LogP contribution in [-0.4, -0.2) is 39.6 Å². The maximum absolute atomic E-state index is 5.92. The van der Waals surface area contributed by atoms with E-state index in [1.807, 2.05) is 17.1 Å². The second-order valence-corrected chi connectivity index (χ2v) is 8.22. The van der Waals surface area contributed by atoms with Crippen LogP contribution in [0.5, 0.6) is 0 Å². The topological polar surface area (TPSA) is 73.2 Å². The molecule has 0 amide bonds. The zero-order chi connectivity index (χ0) is 19.0. The van der Waals surface area contributed by atoms with Crippen molar-refractivity contribution in [3.63, 3.8) is 0 Å². The van der Waals surface area contributed by atoms with Crippen molar-refractivity contribution in [2.45, 2.75) is 70.1 Å². The molecule has 0 bridgehead atoms. The Labute approximate surface area is 165 Å². The van der Waals surface area contributed by atoms with Crippen molar-refractivity contribution >= 4 is 22.4 Å². The Bertz CT molecular complexity index is 880. The van der Waals surface area contributed by atoms with Gasteiger partial charge < -0.3 is 10.1 Å². The molecule has 150 valence electrons. The zero-order valence-electron chi connectivity index (χ0n) is 16.5. The summed E-state index contributed by atoms with van der Waals surface area (Å²) in [6.07, 6.45) is 13.8. The molecule has 1 aliphatic carbocycles. The van der Waals surface area contributed by atoms with Crippen molar-refractivity contribution in [3.05, 3.63) is 24.0 Å². The highest BCUT2D eigenvalue weighted by Gasteiger charge is 2.41. The predicted octanol–water partition coefficient (Wildman–Crippen LogP) is 3.62. The standard InChI is InChI=1S/C21H29N5O2/c1-2-3-9-26-20-17(14-23-26)19(24-15-5-10-27-11-6-15)16(13-22-20)18-12-21(28-25-18)7-4-8-21/h12-15,25H,2-11H2,1H3,(H,22,24). The van der Waals surface area contributed by atoms with Crippen molar-refractivity contribution in [2.24, 2.45) is 0 Å². The number of ether oxygens (including phenoxy) is 1. The molecule has 0 radical (unpaired) electrons. The van der Waals surface area contributed by atoms with Crippen LogP contribution in [0.3, 0.4) is 0 Å². The molecule has 1 spiro atoms. The third-order valence-corrected chi connectivity index (χ3v) is 6.22. The van der Waals surface area contributed by atoms with Gasteiger partial charge in [0.25, 0.3) is 0 Å². The lowest BCUT2D eigenvalue weighted by Gasteiger charge is -2.33. The zero-order valence-corrected chi connectivity index (χ0v) is 16.5. The van der Waals surface area contributed by atoms with Crippen LogP contribution in [0.4, 0.5) is 5.69 Å². The molecule has 0 unspecified atom stereocenters. The second-order valence-electron chi connectivity index (χ2n) is 8.22. The minimum absolute atomic E-state index is 0.119. The van der Waals surface area contributed by atoms with Crippen LogP contribution in [-0.2, 0) is 16.1 Å². The molecular weight excluding hydrogens is 354 g/mol. The summed E-state index contributed by atoms with van der Waals surface area (Å²) in [5.74, 6) is 0. The second kappa shape index (κ2) is 7.37. The van der Waals surface area contributed by atoms with Gasteiger partial charge in [-0.15, -0.1) is 0 Å². The summed E-state index contributed by atoms with van der Waals surface area (Å²) in [6, 6.07) is 0.401. The Morgan fingerprint density at radius 3 is 2.86 bits per heavy atom. The number of unbranched alkanes of at least 4 members (excludes halogenated alkanes) is 1. The fourth-order valence-corrected chi connectivity index (χ4v) is 4.29. The van der Waals surface area contributed by atoms with E-state index in [2.05, 4.69) is 28.9 Å². The van der Waals surface area contributed by atoms with Crippen LogP contribution in [0, 0.1) is 0 Å². The first-order chi connectivity index (χ1) is 13.8. The number of pyridine rings is 1. The predicted molar refractivity (Wildman–Crippen MR) is 109 cm³/mol. The Kier molecular flexibility index (Phi) is 4.72. The largest absolute Gasteiger partial charge is 0.381 e. The average Bonchev–Trinajstić information content (AvgIpc) is 3.32. The Hall–Kier alpha value is -2.12. The molecule has 2 aliphatic heterocycles. The number of rotatable bonds is 6. The van der Waals surface area contributed by atoms with Crippen LogP contribution in [0.2, 0.25) is 0 Å². The highest BCUT2D eigenvalue weighted by Crippen LogP contribution is 2.43. The van der Waals surface area contributed by atoms with Gasteiger partial charge in [-0.2, -0.15) is 5.10 Å². The molecule has 4 heterocycles. The van der Waals surface area contributed by atoms with Gasteiger partial charge in [-0.25, -0.2) is 9.67 Å². The molecule has 1 saturated carbocycles. The maximum Gasteiger partial charge on any atom is 0.159 e. The van der Waals surface area contributed by atoms with E-state index in [0.717, 1.165) is 86.3 Å². The molecule has 0 aromatic carbocycles. The van der Waals surface area contributed by atoms with Gasteiger partial charge in [0.2, 0.25) is 0 Å². The summed E-state index contributed by atoms with van der Waals surface area (Å²) in [4.78, 5) is 10.7. The number of nitrogens with one attached hydrogen (secondary N) is 2. The lowest BCUT2D eigenvalue weighted by molar-refractivity contribution is -0.0821. The van der Waals surface area contributed by atoms with Gasteiger partial charge in [-0.1, -0.05) is 13.3 Å². The van der Waals surface area contributed by atoms with E-state index in [0.29, 0.717) is 6.04 Å². The first-order valence-corrected chi connectivity index (χ1v) is 10.6. The molecule has 28 heavy (non-hydrogen) atoms. The van der Waals surface area contributed by atoms with Gasteiger partial charge in [0.05, 0.1) is 23.0 Å². The quantitative estimate of drug-likeness (QED) is 0.794. The number of anilines is 1. The number of hydroxylamine groups is 1. The summed E-state index contributed by atoms with van der Waals surface area (Å²) in [5, 5.41) is 9.50. The summed E-state index contributed by atoms with van der Waals surface area (Å²) >= 11 is 0. The first-order valence-electron chi connectivity index (χ1n) is 10.6. The normalized spacial score (nSPS) is 21.5. The highest BCUT2D eigenvalue weighted by molar-refractivity contribution is 5.95. The van der Waals surface area contributed by atoms with Gasteiger partial charge in [-0.05, 0) is 44.6 Å². The maximum atomic E-state index is 5.92. The SMILES string of the molecule is CCCCn1ncc2c(NC3CCOCC3)c(C3=CC4(CCC4)ON3)cnc21. The molecule has 5 rings (SSSR count). The fourth-order valence-electron chi connectivity index (χ4n) is 4.29. The molecule has 2 N–H and O–H groups in total. The highest BCUT2D eigenvalue weighted by atomic mass is 16.7. The monoisotopic (exact) mass is 383 g/mol. The van der Waals surface area contributed by atoms with Gasteiger partial charge >= 0.3 is 0 Å². The Morgan fingerprint density at radius 1 is 1.29 bits per heavy atom. The number of aromatic nitrogens is 3. The summed E-state index contributed by atoms with van der Waals surface area (Å²) < 4.78 is 7.57. The molecule has 2 fully saturated rings. The van der Waals surface area contributed by atoms with Crippen molar-refractivity contribution in [3.8, 4) is 0 Å². The van der Waals surface area contributed by atoms with Gasteiger partial charge in [0, 0.05) is 37.6 Å². The molecule has 0 atom stereocenters. The van der Waals surface area contributed by atoms with Crippen LogP contribution in [0.25, 0.3) is 16.7 Å². The molecular formula is C21H29N5O2. The van der Waals surface area contributed by atoms with Gasteiger partial charge in [0.1, 0.15) is 5.60 Å². The van der Waals surface area contributed by atoms with Crippen LogP contribution in [0.15, 0.2) is 18.5 Å². The minimum atomic E-state index is -0.119. The number of hydrogen-bond acceptors (Lipinski definition) is 6.